The summed E-state index contributed by atoms with van der Waals surface area (Å²) in [6.07, 6.45) is 3.30. The molecule has 6 nitrogen and oxygen atoms in total. The Kier molecular flexibility index (Phi) is 4.81. The lowest BCUT2D eigenvalue weighted by molar-refractivity contribution is -0.384. The Labute approximate surface area is 122 Å². The highest BCUT2D eigenvalue weighted by Gasteiger charge is 2.13. The van der Waals surface area contributed by atoms with Crippen LogP contribution < -0.4 is 10.1 Å². The molecule has 0 fully saturated rings. The van der Waals surface area contributed by atoms with E-state index in [1.807, 2.05) is 19.1 Å². The van der Waals surface area contributed by atoms with Gasteiger partial charge in [0, 0.05) is 24.6 Å². The van der Waals surface area contributed by atoms with Gasteiger partial charge in [0.1, 0.15) is 11.5 Å². The van der Waals surface area contributed by atoms with E-state index in [-0.39, 0.29) is 11.7 Å². The van der Waals surface area contributed by atoms with Crippen LogP contribution in [0.4, 0.5) is 11.4 Å². The van der Waals surface area contributed by atoms with Crippen molar-refractivity contribution in [3.05, 3.63) is 52.5 Å². The van der Waals surface area contributed by atoms with Crippen molar-refractivity contribution in [2.45, 2.75) is 25.8 Å². The molecule has 1 unspecified atom stereocenters. The summed E-state index contributed by atoms with van der Waals surface area (Å²) in [5, 5.41) is 14.1. The number of non-ortho nitro benzene ring substituents is 1. The van der Waals surface area contributed by atoms with Crippen LogP contribution in [-0.4, -0.2) is 18.1 Å². The number of benzene rings is 1. The second-order valence-electron chi connectivity index (χ2n) is 4.81. The predicted molar refractivity (Wildman–Crippen MR) is 79.8 cm³/mol. The van der Waals surface area contributed by atoms with Gasteiger partial charge in [0.25, 0.3) is 5.69 Å². The van der Waals surface area contributed by atoms with Gasteiger partial charge in [-0.2, -0.15) is 0 Å². The number of methoxy groups -OCH3 is 1. The summed E-state index contributed by atoms with van der Waals surface area (Å²) in [5.74, 6) is 1.51. The molecule has 0 amide bonds. The zero-order valence-corrected chi connectivity index (χ0v) is 12.0. The second kappa shape index (κ2) is 6.78. The number of nitrogens with one attached hydrogen (secondary N) is 1. The van der Waals surface area contributed by atoms with Crippen LogP contribution in [0.25, 0.3) is 0 Å². The minimum Gasteiger partial charge on any atom is -0.495 e. The lowest BCUT2D eigenvalue weighted by atomic mass is 10.1. The third-order valence-corrected chi connectivity index (χ3v) is 3.20. The number of nitro groups is 1. The lowest BCUT2D eigenvalue weighted by Gasteiger charge is -2.17. The van der Waals surface area contributed by atoms with Gasteiger partial charge in [-0.1, -0.05) is 0 Å². The predicted octanol–water partition coefficient (Wildman–Crippen LogP) is 3.63. The van der Waals surface area contributed by atoms with Crippen molar-refractivity contribution >= 4 is 11.4 Å². The highest BCUT2D eigenvalue weighted by Crippen LogP contribution is 2.29. The number of furan rings is 1. The van der Waals surface area contributed by atoms with Crippen molar-refractivity contribution in [1.29, 1.82) is 0 Å². The Morgan fingerprint density at radius 1 is 1.43 bits per heavy atom. The van der Waals surface area contributed by atoms with Gasteiger partial charge in [-0.15, -0.1) is 0 Å². The number of anilines is 1. The summed E-state index contributed by atoms with van der Waals surface area (Å²) >= 11 is 0. The van der Waals surface area contributed by atoms with Crippen molar-refractivity contribution < 1.29 is 14.1 Å². The smallest absolute Gasteiger partial charge is 0.271 e. The van der Waals surface area contributed by atoms with Crippen molar-refractivity contribution in [3.63, 3.8) is 0 Å². The van der Waals surface area contributed by atoms with Gasteiger partial charge in [0.15, 0.2) is 0 Å². The molecular formula is C15H18N2O4. The Morgan fingerprint density at radius 2 is 2.24 bits per heavy atom. The average Bonchev–Trinajstić information content (AvgIpc) is 2.98. The zero-order chi connectivity index (χ0) is 15.2. The van der Waals surface area contributed by atoms with Crippen LogP contribution in [0.15, 0.2) is 41.0 Å². The maximum absolute atomic E-state index is 10.8. The SMILES string of the molecule is COc1ccc([N+](=O)[O-])cc1NC(C)CCc1ccco1. The molecule has 0 radical (unpaired) electrons. The van der Waals surface area contributed by atoms with Gasteiger partial charge >= 0.3 is 0 Å². The number of ether oxygens (including phenoxy) is 1. The molecule has 1 aromatic heterocycles. The van der Waals surface area contributed by atoms with E-state index in [2.05, 4.69) is 5.32 Å². The maximum Gasteiger partial charge on any atom is 0.271 e. The Balaban J connectivity index is 2.02. The van der Waals surface area contributed by atoms with Gasteiger partial charge in [-0.05, 0) is 31.5 Å². The summed E-state index contributed by atoms with van der Waals surface area (Å²) in [5.41, 5.74) is 0.662. The minimum atomic E-state index is -0.419. The number of rotatable bonds is 7. The maximum atomic E-state index is 10.8. The molecule has 0 aliphatic carbocycles. The molecule has 0 aliphatic rings. The second-order valence-corrected chi connectivity index (χ2v) is 4.81. The van der Waals surface area contributed by atoms with Crippen LogP contribution in [0, 0.1) is 10.1 Å². The first-order chi connectivity index (χ1) is 10.1. The van der Waals surface area contributed by atoms with E-state index in [4.69, 9.17) is 9.15 Å². The molecule has 2 rings (SSSR count). The van der Waals surface area contributed by atoms with Gasteiger partial charge in [0.05, 0.1) is 24.0 Å². The Hall–Kier alpha value is -2.50. The van der Waals surface area contributed by atoms with Gasteiger partial charge in [0.2, 0.25) is 0 Å². The van der Waals surface area contributed by atoms with Crippen LogP contribution in [0.5, 0.6) is 5.75 Å². The van der Waals surface area contributed by atoms with E-state index in [1.165, 1.54) is 12.1 Å². The van der Waals surface area contributed by atoms with Crippen molar-refractivity contribution in [2.75, 3.05) is 12.4 Å². The van der Waals surface area contributed by atoms with E-state index >= 15 is 0 Å². The van der Waals surface area contributed by atoms with Gasteiger partial charge < -0.3 is 14.5 Å². The first kappa shape index (κ1) is 14.9. The molecule has 112 valence electrons. The summed E-state index contributed by atoms with van der Waals surface area (Å²) in [4.78, 5) is 10.4. The average molecular weight is 290 g/mol. The number of aryl methyl sites for hydroxylation is 1. The zero-order valence-electron chi connectivity index (χ0n) is 12.0. The fraction of sp³-hybridized carbons (Fsp3) is 0.333. The molecule has 21 heavy (non-hydrogen) atoms. The molecular weight excluding hydrogens is 272 g/mol. The summed E-state index contributed by atoms with van der Waals surface area (Å²) < 4.78 is 10.5. The number of hydrogen-bond acceptors (Lipinski definition) is 5. The van der Waals surface area contributed by atoms with Gasteiger partial charge in [-0.3, -0.25) is 10.1 Å². The molecule has 0 saturated carbocycles. The molecule has 1 N–H and O–H groups in total. The Morgan fingerprint density at radius 3 is 2.86 bits per heavy atom. The number of nitrogens with zero attached hydrogens (tertiary/aromatic N) is 1. The lowest BCUT2D eigenvalue weighted by Crippen LogP contribution is -2.16. The fourth-order valence-electron chi connectivity index (χ4n) is 2.07. The third-order valence-electron chi connectivity index (χ3n) is 3.20. The Bertz CT molecular complexity index is 596. The van der Waals surface area contributed by atoms with Crippen LogP contribution >= 0.6 is 0 Å². The highest BCUT2D eigenvalue weighted by molar-refractivity contribution is 5.61. The highest BCUT2D eigenvalue weighted by atomic mass is 16.6. The van der Waals surface area contributed by atoms with Crippen molar-refractivity contribution in [1.82, 2.24) is 0 Å². The first-order valence-corrected chi connectivity index (χ1v) is 6.71. The van der Waals surface area contributed by atoms with E-state index in [9.17, 15) is 10.1 Å². The number of hydrogen-bond donors (Lipinski definition) is 1. The fourth-order valence-corrected chi connectivity index (χ4v) is 2.07. The summed E-state index contributed by atoms with van der Waals surface area (Å²) in [7, 11) is 1.54. The molecule has 1 heterocycles. The molecule has 6 heteroatoms. The topological polar surface area (TPSA) is 77.5 Å². The van der Waals surface area contributed by atoms with E-state index in [1.54, 1.807) is 19.4 Å². The van der Waals surface area contributed by atoms with Crippen LogP contribution in [0.3, 0.4) is 0 Å². The quantitative estimate of drug-likeness (QED) is 0.622. The van der Waals surface area contributed by atoms with Crippen LogP contribution in [0.1, 0.15) is 19.1 Å². The van der Waals surface area contributed by atoms with Crippen molar-refractivity contribution in [2.24, 2.45) is 0 Å². The number of nitro benzene ring substituents is 1. The van der Waals surface area contributed by atoms with Crippen LogP contribution in [0.2, 0.25) is 0 Å². The first-order valence-electron chi connectivity index (χ1n) is 6.71. The molecule has 2 aromatic rings. The normalized spacial score (nSPS) is 11.9. The van der Waals surface area contributed by atoms with Crippen LogP contribution in [-0.2, 0) is 6.42 Å². The molecule has 0 spiro atoms. The molecule has 0 aliphatic heterocycles. The monoisotopic (exact) mass is 290 g/mol. The van der Waals surface area contributed by atoms with Gasteiger partial charge in [-0.25, -0.2) is 0 Å². The molecule has 0 bridgehead atoms. The minimum absolute atomic E-state index is 0.0385. The molecule has 0 saturated heterocycles. The molecule has 1 aromatic carbocycles. The van der Waals surface area contributed by atoms with E-state index < -0.39 is 4.92 Å². The third kappa shape index (κ3) is 3.98. The summed E-state index contributed by atoms with van der Waals surface area (Å²) in [6.45, 7) is 2.02. The summed E-state index contributed by atoms with van der Waals surface area (Å²) in [6, 6.07) is 8.43. The van der Waals surface area contributed by atoms with Crippen molar-refractivity contribution in [3.8, 4) is 5.75 Å². The molecule has 1 atom stereocenters. The largest absolute Gasteiger partial charge is 0.495 e. The standard InChI is InChI=1S/C15H18N2O4/c1-11(5-7-13-4-3-9-21-13)16-14-10-12(17(18)19)6-8-15(14)20-2/h3-4,6,8-11,16H,5,7H2,1-2H3. The van der Waals surface area contributed by atoms with E-state index in [0.717, 1.165) is 18.6 Å². The van der Waals surface area contributed by atoms with E-state index in [0.29, 0.717) is 11.4 Å².